The van der Waals surface area contributed by atoms with E-state index in [1.165, 1.54) is 25.3 Å². The monoisotopic (exact) mass is 255 g/mol. The molecule has 0 aromatic carbocycles. The highest BCUT2D eigenvalue weighted by Gasteiger charge is 1.60. The van der Waals surface area contributed by atoms with Crippen LogP contribution in [0.5, 0.6) is 0 Å². The first-order valence-electron chi connectivity index (χ1n) is 3.16. The molecule has 2 aromatic rings. The van der Waals surface area contributed by atoms with Gasteiger partial charge in [-0.15, -0.1) is 12.4 Å². The van der Waals surface area contributed by atoms with Crippen LogP contribution in [0.4, 0.5) is 0 Å². The molecule has 2 rings (SSSR count). The number of rotatable bonds is 0. The van der Waals surface area contributed by atoms with Crippen LogP contribution in [0, 0.1) is 0 Å². The van der Waals surface area contributed by atoms with Crippen molar-refractivity contribution in [3.05, 3.63) is 37.7 Å². The Balaban J connectivity index is 0. The summed E-state index contributed by atoms with van der Waals surface area (Å²) in [4.78, 5) is 7.11. The van der Waals surface area contributed by atoms with Gasteiger partial charge in [0.2, 0.25) is 0 Å². The minimum atomic E-state index is -2.86. The summed E-state index contributed by atoms with van der Waals surface area (Å²) in [5.41, 5.74) is 0. The van der Waals surface area contributed by atoms with E-state index in [2.05, 4.69) is 18.8 Å². The van der Waals surface area contributed by atoms with Crippen molar-refractivity contribution in [3.63, 3.8) is 0 Å². The van der Waals surface area contributed by atoms with Crippen molar-refractivity contribution in [2.45, 2.75) is 0 Å². The first-order chi connectivity index (χ1) is 6.73. The number of hydrogen-bond acceptors (Lipinski definition) is 6. The Morgan fingerprint density at radius 1 is 1.13 bits per heavy atom. The highest BCUT2D eigenvalue weighted by molar-refractivity contribution is 7.73. The molecule has 0 aliphatic rings. The summed E-state index contributed by atoms with van der Waals surface area (Å²) in [7, 11) is 0. The van der Waals surface area contributed by atoms with Gasteiger partial charge in [-0.05, 0) is 0 Å². The Hall–Kier alpha value is -1.22. The predicted molar refractivity (Wildman–Crippen MR) is 51.8 cm³/mol. The predicted octanol–water partition coefficient (Wildman–Crippen LogP) is 1.11. The van der Waals surface area contributed by atoms with E-state index in [4.69, 9.17) is 13.3 Å². The summed E-state index contributed by atoms with van der Waals surface area (Å²) in [6.45, 7) is 0. The first-order valence-corrected chi connectivity index (χ1v) is 4.19. The standard InChI is InChI=1S/2C3H3NO.ClH.H2O3S/c2*1-2-5-3-4-1;;1-4(2)3/h2*1-3H;1H;(H2,1,2,3)/p-1. The van der Waals surface area contributed by atoms with Crippen molar-refractivity contribution >= 4 is 23.8 Å². The third-order valence-corrected chi connectivity index (χ3v) is 0.694. The van der Waals surface area contributed by atoms with Crippen LogP contribution >= 0.6 is 12.4 Å². The van der Waals surface area contributed by atoms with E-state index in [1.54, 1.807) is 12.4 Å². The number of aromatic nitrogens is 2. The highest BCUT2D eigenvalue weighted by atomic mass is 35.5. The van der Waals surface area contributed by atoms with E-state index in [1.807, 2.05) is 0 Å². The van der Waals surface area contributed by atoms with Gasteiger partial charge in [0.15, 0.2) is 12.8 Å². The van der Waals surface area contributed by atoms with E-state index < -0.39 is 11.4 Å². The number of hydrogen-bond donors (Lipinski definition) is 1. The summed E-state index contributed by atoms with van der Waals surface area (Å²) >= 11 is -2.86. The summed E-state index contributed by atoms with van der Waals surface area (Å²) < 4.78 is 33.0. The molecule has 1 unspecified atom stereocenters. The molecule has 2 heterocycles. The third-order valence-electron chi connectivity index (χ3n) is 0.694. The maximum atomic E-state index is 8.56. The molecule has 0 aliphatic heterocycles. The van der Waals surface area contributed by atoms with Crippen LogP contribution in [0.15, 0.2) is 46.5 Å². The Kier molecular flexibility index (Phi) is 13.8. The fraction of sp³-hybridized carbons (Fsp3) is 0. The minimum absolute atomic E-state index is 0. The molecular weight excluding hydrogens is 248 g/mol. The zero-order valence-corrected chi connectivity index (χ0v) is 8.89. The first kappa shape index (κ1) is 16.2. The van der Waals surface area contributed by atoms with Crippen LogP contribution in [0.2, 0.25) is 0 Å². The van der Waals surface area contributed by atoms with Gasteiger partial charge in [-0.1, -0.05) is 0 Å². The lowest BCUT2D eigenvalue weighted by atomic mass is 11.0. The summed E-state index contributed by atoms with van der Waals surface area (Å²) in [6, 6.07) is 0. The van der Waals surface area contributed by atoms with Crippen molar-refractivity contribution < 1.29 is 22.1 Å². The van der Waals surface area contributed by atoms with E-state index in [-0.39, 0.29) is 12.4 Å². The van der Waals surface area contributed by atoms with Crippen molar-refractivity contribution in [2.24, 2.45) is 0 Å². The lowest BCUT2D eigenvalue weighted by molar-refractivity contribution is 0.436. The average molecular weight is 256 g/mol. The molecule has 2 aromatic heterocycles. The van der Waals surface area contributed by atoms with E-state index in [0.717, 1.165) is 0 Å². The summed E-state index contributed by atoms with van der Waals surface area (Å²) in [6.07, 6.45) is 8.94. The molecule has 86 valence electrons. The molecule has 1 N–H and O–H groups in total. The maximum Gasteiger partial charge on any atom is 0.180 e. The van der Waals surface area contributed by atoms with E-state index in [0.29, 0.717) is 0 Å². The quantitative estimate of drug-likeness (QED) is 0.702. The van der Waals surface area contributed by atoms with E-state index in [9.17, 15) is 0 Å². The van der Waals surface area contributed by atoms with Crippen LogP contribution < -0.4 is 0 Å². The zero-order valence-electron chi connectivity index (χ0n) is 7.26. The number of nitrogens with zero attached hydrogens (tertiary/aromatic N) is 2. The fourth-order valence-corrected chi connectivity index (χ4v) is 0.351. The SMILES string of the molecule is Cl.O=S([O-])O.c1cocn1.c1cocn1. The third kappa shape index (κ3) is 19.3. The second kappa shape index (κ2) is 12.8. The summed E-state index contributed by atoms with van der Waals surface area (Å²) in [5.74, 6) is 0. The summed E-state index contributed by atoms with van der Waals surface area (Å²) in [5, 5.41) is 0. The molecule has 0 bridgehead atoms. The van der Waals surface area contributed by atoms with Crippen molar-refractivity contribution in [1.29, 1.82) is 0 Å². The van der Waals surface area contributed by atoms with Crippen LogP contribution in [0.25, 0.3) is 0 Å². The van der Waals surface area contributed by atoms with Gasteiger partial charge in [0.05, 0.1) is 23.8 Å². The molecule has 0 fully saturated rings. The Morgan fingerprint density at radius 3 is 1.53 bits per heavy atom. The van der Waals surface area contributed by atoms with Gasteiger partial charge in [0, 0.05) is 0 Å². The Labute approximate surface area is 94.1 Å². The van der Waals surface area contributed by atoms with Gasteiger partial charge in [-0.3, -0.25) is 0 Å². The van der Waals surface area contributed by atoms with Gasteiger partial charge in [-0.25, -0.2) is 14.2 Å². The van der Waals surface area contributed by atoms with Gasteiger partial charge in [0.25, 0.3) is 0 Å². The van der Waals surface area contributed by atoms with Crippen LogP contribution in [0.1, 0.15) is 0 Å². The molecule has 0 radical (unpaired) electrons. The molecule has 0 amide bonds. The highest BCUT2D eigenvalue weighted by Crippen LogP contribution is 1.72. The molecule has 1 atom stereocenters. The number of halogens is 1. The smallest absolute Gasteiger partial charge is 0.180 e. The normalized spacial score (nSPS) is 9.47. The minimum Gasteiger partial charge on any atom is -0.750 e. The average Bonchev–Trinajstić information content (AvgIpc) is 2.83. The topological polar surface area (TPSA) is 112 Å². The van der Waals surface area contributed by atoms with E-state index >= 15 is 0 Å². The van der Waals surface area contributed by atoms with Crippen LogP contribution in [-0.4, -0.2) is 23.3 Å². The van der Waals surface area contributed by atoms with Crippen molar-refractivity contribution in [3.8, 4) is 0 Å². The molecule has 7 nitrogen and oxygen atoms in total. The largest absolute Gasteiger partial charge is 0.750 e. The van der Waals surface area contributed by atoms with Gasteiger partial charge < -0.3 is 17.9 Å². The Morgan fingerprint density at radius 2 is 1.47 bits per heavy atom. The lowest BCUT2D eigenvalue weighted by Gasteiger charge is -1.83. The van der Waals surface area contributed by atoms with Crippen LogP contribution in [0.3, 0.4) is 0 Å². The van der Waals surface area contributed by atoms with Crippen LogP contribution in [-0.2, 0) is 11.4 Å². The van der Waals surface area contributed by atoms with Crippen molar-refractivity contribution in [1.82, 2.24) is 9.97 Å². The molecule has 9 heteroatoms. The molecule has 15 heavy (non-hydrogen) atoms. The molecule has 0 spiro atoms. The van der Waals surface area contributed by atoms with Gasteiger partial charge in [-0.2, -0.15) is 0 Å². The Bertz CT molecular complexity index is 236. The van der Waals surface area contributed by atoms with Gasteiger partial charge >= 0.3 is 0 Å². The molecule has 0 aliphatic carbocycles. The molecule has 0 saturated carbocycles. The molecule has 0 saturated heterocycles. The second-order valence-corrected chi connectivity index (χ2v) is 2.00. The lowest BCUT2D eigenvalue weighted by Crippen LogP contribution is -1.75. The second-order valence-electron chi connectivity index (χ2n) is 1.57. The number of oxazole rings is 2. The van der Waals surface area contributed by atoms with Crippen molar-refractivity contribution in [2.75, 3.05) is 0 Å². The molecular formula is C6H8ClN2O5S-. The fourth-order valence-electron chi connectivity index (χ4n) is 0.351. The zero-order chi connectivity index (χ0) is 10.6. The van der Waals surface area contributed by atoms with Gasteiger partial charge in [0.1, 0.15) is 12.5 Å². The maximum absolute atomic E-state index is 8.56.